The van der Waals surface area contributed by atoms with E-state index in [1.54, 1.807) is 35.2 Å². The third-order valence-electron chi connectivity index (χ3n) is 4.32. The van der Waals surface area contributed by atoms with Gasteiger partial charge in [0.1, 0.15) is 40.3 Å². The lowest BCUT2D eigenvalue weighted by molar-refractivity contribution is 0.551. The van der Waals surface area contributed by atoms with E-state index in [1.807, 2.05) is 6.92 Å². The quantitative estimate of drug-likeness (QED) is 0.471. The van der Waals surface area contributed by atoms with Crippen molar-refractivity contribution >= 4 is 27.2 Å². The summed E-state index contributed by atoms with van der Waals surface area (Å²) >= 11 is 0. The average Bonchev–Trinajstić information content (AvgIpc) is 3.15. The van der Waals surface area contributed by atoms with Crippen LogP contribution < -0.4 is 10.0 Å². The highest BCUT2D eigenvalue weighted by molar-refractivity contribution is 7.92. The molecule has 11 heteroatoms. The predicted molar refractivity (Wildman–Crippen MR) is 111 cm³/mol. The second-order valence-corrected chi connectivity index (χ2v) is 8.14. The van der Waals surface area contributed by atoms with E-state index >= 15 is 0 Å². The van der Waals surface area contributed by atoms with Crippen LogP contribution in [0.1, 0.15) is 5.82 Å². The Balaban J connectivity index is 1.49. The third-order valence-corrected chi connectivity index (χ3v) is 5.73. The van der Waals surface area contributed by atoms with Gasteiger partial charge in [-0.05, 0) is 43.3 Å². The molecule has 0 atom stereocenters. The Labute approximate surface area is 176 Å². The Bertz CT molecular complexity index is 1340. The molecule has 2 aromatic carbocycles. The number of nitrogens with one attached hydrogen (secondary N) is 2. The van der Waals surface area contributed by atoms with Gasteiger partial charge in [0.25, 0.3) is 10.0 Å². The highest BCUT2D eigenvalue weighted by Gasteiger charge is 2.19. The van der Waals surface area contributed by atoms with E-state index in [-0.39, 0.29) is 5.69 Å². The molecule has 0 aliphatic carbocycles. The maximum atomic E-state index is 13.8. The van der Waals surface area contributed by atoms with Crippen molar-refractivity contribution in [2.45, 2.75) is 11.8 Å². The summed E-state index contributed by atoms with van der Waals surface area (Å²) in [5.41, 5.74) is 0.856. The maximum Gasteiger partial charge on any atom is 0.264 e. The minimum Gasteiger partial charge on any atom is -0.340 e. The van der Waals surface area contributed by atoms with Crippen molar-refractivity contribution in [2.24, 2.45) is 0 Å². The van der Waals surface area contributed by atoms with Crippen molar-refractivity contribution < 1.29 is 17.2 Å². The van der Waals surface area contributed by atoms with Crippen LogP contribution in [0.15, 0.2) is 72.1 Å². The zero-order chi connectivity index (χ0) is 22.0. The number of sulfonamides is 1. The molecular weight excluding hydrogens is 426 g/mol. The zero-order valence-electron chi connectivity index (χ0n) is 16.1. The summed E-state index contributed by atoms with van der Waals surface area (Å²) in [6.07, 6.45) is 4.87. The first-order chi connectivity index (χ1) is 14.8. The monoisotopic (exact) mass is 442 g/mol. The molecule has 0 saturated carbocycles. The minimum atomic E-state index is -4.21. The molecule has 0 amide bonds. The number of halogens is 2. The molecule has 0 spiro atoms. The van der Waals surface area contributed by atoms with Crippen molar-refractivity contribution in [2.75, 3.05) is 10.0 Å². The minimum absolute atomic E-state index is 0.215. The molecule has 2 heterocycles. The van der Waals surface area contributed by atoms with Gasteiger partial charge in [-0.2, -0.15) is 0 Å². The molecule has 2 aromatic heterocycles. The fourth-order valence-electron chi connectivity index (χ4n) is 2.84. The normalized spacial score (nSPS) is 11.3. The van der Waals surface area contributed by atoms with Crippen LogP contribution in [-0.4, -0.2) is 27.9 Å². The first-order valence-electron chi connectivity index (χ1n) is 8.99. The van der Waals surface area contributed by atoms with E-state index in [9.17, 15) is 17.2 Å². The van der Waals surface area contributed by atoms with E-state index in [4.69, 9.17) is 0 Å². The fourth-order valence-corrected chi connectivity index (χ4v) is 3.96. The van der Waals surface area contributed by atoms with Crippen LogP contribution in [0.25, 0.3) is 5.82 Å². The number of anilines is 3. The molecule has 8 nitrogen and oxygen atoms in total. The van der Waals surface area contributed by atoms with Crippen LogP contribution in [0.5, 0.6) is 0 Å². The van der Waals surface area contributed by atoms with Crippen molar-refractivity contribution in [3.63, 3.8) is 0 Å². The van der Waals surface area contributed by atoms with Crippen molar-refractivity contribution in [3.8, 4) is 5.82 Å². The molecule has 4 aromatic rings. The number of rotatable bonds is 6. The van der Waals surface area contributed by atoms with Crippen molar-refractivity contribution in [1.82, 2.24) is 19.5 Å². The zero-order valence-corrected chi connectivity index (χ0v) is 16.9. The summed E-state index contributed by atoms with van der Waals surface area (Å²) in [5.74, 6) is -0.0849. The fraction of sp³-hybridized carbons (Fsp3) is 0.0500. The van der Waals surface area contributed by atoms with E-state index in [1.165, 1.54) is 18.5 Å². The largest absolute Gasteiger partial charge is 0.340 e. The van der Waals surface area contributed by atoms with Crippen LogP contribution in [0.2, 0.25) is 0 Å². The van der Waals surface area contributed by atoms with Crippen LogP contribution in [-0.2, 0) is 10.0 Å². The second kappa shape index (κ2) is 8.11. The van der Waals surface area contributed by atoms with Gasteiger partial charge in [0.05, 0.1) is 0 Å². The van der Waals surface area contributed by atoms with Crippen LogP contribution in [0.4, 0.5) is 26.0 Å². The number of imidazole rings is 1. The molecule has 31 heavy (non-hydrogen) atoms. The summed E-state index contributed by atoms with van der Waals surface area (Å²) < 4.78 is 55.7. The summed E-state index contributed by atoms with van der Waals surface area (Å²) in [6, 6.07) is 10.3. The molecule has 4 rings (SSSR count). The first-order valence-corrected chi connectivity index (χ1v) is 10.5. The molecule has 2 N–H and O–H groups in total. The Morgan fingerprint density at radius 3 is 2.35 bits per heavy atom. The van der Waals surface area contributed by atoms with E-state index in [2.05, 4.69) is 25.0 Å². The van der Waals surface area contributed by atoms with Gasteiger partial charge < -0.3 is 5.32 Å². The molecule has 0 fully saturated rings. The summed E-state index contributed by atoms with van der Waals surface area (Å²) in [6.45, 7) is 1.85. The Morgan fingerprint density at radius 1 is 0.935 bits per heavy atom. The van der Waals surface area contributed by atoms with Gasteiger partial charge >= 0.3 is 0 Å². The summed E-state index contributed by atoms with van der Waals surface area (Å²) in [7, 11) is -4.21. The lowest BCUT2D eigenvalue weighted by atomic mass is 10.3. The van der Waals surface area contributed by atoms with Gasteiger partial charge in [0, 0.05) is 35.9 Å². The molecular formula is C20H16F2N6O2S. The van der Waals surface area contributed by atoms with Crippen molar-refractivity contribution in [3.05, 3.63) is 84.7 Å². The standard InChI is InChI=1S/C20H16F2N6O2S/c1-13-23-8-9-28(13)20-11-19(24-12-25-20)26-15-3-5-16(6-4-15)27-31(29,30)18-7-2-14(21)10-17(18)22/h2-12,27H,1H3,(H,24,25,26). The summed E-state index contributed by atoms with van der Waals surface area (Å²) in [4.78, 5) is 11.9. The van der Waals surface area contributed by atoms with Crippen LogP contribution >= 0.6 is 0 Å². The van der Waals surface area contributed by atoms with Gasteiger partial charge in [-0.1, -0.05) is 0 Å². The SMILES string of the molecule is Cc1nccn1-c1cc(Nc2ccc(NS(=O)(=O)c3ccc(F)cc3F)cc2)ncn1. The van der Waals surface area contributed by atoms with Gasteiger partial charge in [-0.15, -0.1) is 0 Å². The van der Waals surface area contributed by atoms with Crippen molar-refractivity contribution in [1.29, 1.82) is 0 Å². The molecule has 0 radical (unpaired) electrons. The lowest BCUT2D eigenvalue weighted by Crippen LogP contribution is -2.14. The molecule has 0 unspecified atom stereocenters. The number of hydrogen-bond donors (Lipinski definition) is 2. The molecule has 0 saturated heterocycles. The number of aryl methyl sites for hydroxylation is 1. The van der Waals surface area contributed by atoms with Gasteiger partial charge in [-0.25, -0.2) is 32.2 Å². The number of benzene rings is 2. The first kappa shape index (κ1) is 20.4. The number of hydrogen-bond acceptors (Lipinski definition) is 6. The second-order valence-electron chi connectivity index (χ2n) is 6.49. The Morgan fingerprint density at radius 2 is 1.68 bits per heavy atom. The highest BCUT2D eigenvalue weighted by Crippen LogP contribution is 2.22. The van der Waals surface area contributed by atoms with Crippen LogP contribution in [0.3, 0.4) is 0 Å². The summed E-state index contributed by atoms with van der Waals surface area (Å²) in [5, 5.41) is 3.10. The Kier molecular flexibility index (Phi) is 5.34. The maximum absolute atomic E-state index is 13.8. The molecule has 0 aliphatic rings. The van der Waals surface area contributed by atoms with E-state index < -0.39 is 26.6 Å². The molecule has 0 aliphatic heterocycles. The molecule has 0 bridgehead atoms. The topological polar surface area (TPSA) is 102 Å². The van der Waals surface area contributed by atoms with Gasteiger partial charge in [0.2, 0.25) is 0 Å². The average molecular weight is 442 g/mol. The number of nitrogens with zero attached hydrogens (tertiary/aromatic N) is 4. The van der Waals surface area contributed by atoms with Gasteiger partial charge in [-0.3, -0.25) is 9.29 Å². The molecule has 158 valence electrons. The highest BCUT2D eigenvalue weighted by atomic mass is 32.2. The van der Waals surface area contributed by atoms with E-state index in [0.717, 1.165) is 18.0 Å². The van der Waals surface area contributed by atoms with E-state index in [0.29, 0.717) is 23.4 Å². The van der Waals surface area contributed by atoms with Gasteiger partial charge in [0.15, 0.2) is 0 Å². The van der Waals surface area contributed by atoms with Crippen LogP contribution in [0, 0.1) is 18.6 Å². The predicted octanol–water partition coefficient (Wildman–Crippen LogP) is 3.79. The third kappa shape index (κ3) is 4.51. The number of aromatic nitrogens is 4. The Hall–Kier alpha value is -3.86. The lowest BCUT2D eigenvalue weighted by Gasteiger charge is -2.11. The smallest absolute Gasteiger partial charge is 0.264 e.